The van der Waals surface area contributed by atoms with Gasteiger partial charge in [-0.05, 0) is 64.4 Å². The molecular formula is C47H78O14. The van der Waals surface area contributed by atoms with Crippen molar-refractivity contribution in [3.05, 3.63) is 11.6 Å². The van der Waals surface area contributed by atoms with E-state index >= 15 is 0 Å². The maximum absolute atomic E-state index is 13.4. The van der Waals surface area contributed by atoms with Crippen LogP contribution < -0.4 is 0 Å². The van der Waals surface area contributed by atoms with E-state index in [0.717, 1.165) is 6.42 Å². The molecular weight excluding hydrogens is 789 g/mol. The highest BCUT2D eigenvalue weighted by molar-refractivity contribution is 5.96. The molecule has 6 heterocycles. The minimum atomic E-state index is -1.66. The number of carbonyl (C=O) groups excluding carboxylic acids is 1. The van der Waals surface area contributed by atoms with Crippen LogP contribution in [-0.4, -0.2) is 124 Å². The number of aliphatic carboxylic acids is 1. The molecule has 4 N–H and O–H groups in total. The van der Waals surface area contributed by atoms with Crippen molar-refractivity contribution in [1.29, 1.82) is 0 Å². The summed E-state index contributed by atoms with van der Waals surface area (Å²) in [6, 6.07) is 0. The summed E-state index contributed by atoms with van der Waals surface area (Å²) in [5, 5.41) is 42.5. The van der Waals surface area contributed by atoms with Crippen LogP contribution in [0.2, 0.25) is 0 Å². The molecule has 0 aliphatic carbocycles. The molecule has 2 spiro atoms. The summed E-state index contributed by atoms with van der Waals surface area (Å²) < 4.78 is 53.9. The first-order valence-electron chi connectivity index (χ1n) is 23.2. The molecule has 0 aromatic rings. The van der Waals surface area contributed by atoms with Gasteiger partial charge in [0.15, 0.2) is 29.4 Å². The minimum absolute atomic E-state index is 0.0130. The Bertz CT molecular complexity index is 1570. The second-order valence-corrected chi connectivity index (χ2v) is 20.6. The Kier molecular flexibility index (Phi) is 15.0. The van der Waals surface area contributed by atoms with Gasteiger partial charge < -0.3 is 58.3 Å². The Hall–Kier alpha value is -1.56. The van der Waals surface area contributed by atoms with E-state index in [9.17, 15) is 30.0 Å². The average molecular weight is 867 g/mol. The highest BCUT2D eigenvalue weighted by atomic mass is 16.8. The van der Waals surface area contributed by atoms with E-state index in [1.165, 1.54) is 0 Å². The number of methoxy groups -OCH3 is 1. The standard InChI is InChI=1S/C47H78O14/c1-24(40(50)25(2)18-28(5)43(51)52)17-26(3)41-31(8)34(49)22-45(59-41)16-15-44(11,61-45)38-21-36(56-39-14-13-35(54-12)33(10)55-39)32(9)47(58-38)30(7)20-37(57-47)42-27(4)19-29(6)46(53,23-48)60-42/h17,25-39,41-42,48-49,53H,13-16,18-23H2,1-12H3,(H,51,52)/t25-,26+,27-,28+,29-,30-,31-,32+,33+,34+,35+,36+,37-,38-,39?,41-,42+,44+,45-,46+,47+/m1/s1. The van der Waals surface area contributed by atoms with Crippen molar-refractivity contribution in [2.45, 2.75) is 212 Å². The lowest BCUT2D eigenvalue weighted by Gasteiger charge is -2.54. The van der Waals surface area contributed by atoms with Gasteiger partial charge >= 0.3 is 5.97 Å². The number of aliphatic hydroxyl groups excluding tert-OH is 2. The summed E-state index contributed by atoms with van der Waals surface area (Å²) in [5.41, 5.74) is -0.326. The Balaban J connectivity index is 1.24. The van der Waals surface area contributed by atoms with Crippen LogP contribution in [0.25, 0.3) is 0 Å². The predicted molar refractivity (Wildman–Crippen MR) is 224 cm³/mol. The zero-order chi connectivity index (χ0) is 45.0. The van der Waals surface area contributed by atoms with Gasteiger partial charge in [0.1, 0.15) is 0 Å². The van der Waals surface area contributed by atoms with Crippen LogP contribution in [0.5, 0.6) is 0 Å². The first kappa shape index (κ1) is 48.9. The highest BCUT2D eigenvalue weighted by Gasteiger charge is 2.65. The van der Waals surface area contributed by atoms with Crippen LogP contribution in [0.15, 0.2) is 11.6 Å². The minimum Gasteiger partial charge on any atom is -0.481 e. The summed E-state index contributed by atoms with van der Waals surface area (Å²) in [7, 11) is 1.70. The fourth-order valence-corrected chi connectivity index (χ4v) is 11.8. The molecule has 6 rings (SSSR count). The third kappa shape index (κ3) is 9.71. The summed E-state index contributed by atoms with van der Waals surface area (Å²) in [6.45, 7) is 20.9. The zero-order valence-electron chi connectivity index (χ0n) is 38.8. The lowest BCUT2D eigenvalue weighted by Crippen LogP contribution is -2.63. The lowest BCUT2D eigenvalue weighted by atomic mass is 9.76. The van der Waals surface area contributed by atoms with Crippen LogP contribution in [0.4, 0.5) is 0 Å². The highest BCUT2D eigenvalue weighted by Crippen LogP contribution is 2.56. The van der Waals surface area contributed by atoms with Crippen molar-refractivity contribution in [3.63, 3.8) is 0 Å². The molecule has 0 aromatic heterocycles. The SMILES string of the molecule is CO[C@H]1CCC(O[C@H]2C[C@H]([C@]3(C)CC[C@]4(C[C@H](O)[C@@H](C)[C@@H]([C@@H](C)C=C(C)C(=O)[C@H](C)C[C@H](C)C(=O)O)O4)O3)O[C@]3(O[C@@H]([C@H]4O[C@@](O)(CO)[C@H](C)C[C@H]4C)C[C@H]3C)[C@H]2C)O[C@H]1C. The summed E-state index contributed by atoms with van der Waals surface area (Å²) in [6.07, 6.45) is 3.25. The van der Waals surface area contributed by atoms with Gasteiger partial charge in [-0.25, -0.2) is 0 Å². The molecule has 6 fully saturated rings. The number of carboxylic acids is 1. The topological polar surface area (TPSA) is 189 Å². The fourth-order valence-electron chi connectivity index (χ4n) is 11.8. The number of allylic oxidation sites excluding steroid dienone is 1. The number of rotatable bonds is 13. The van der Waals surface area contributed by atoms with Gasteiger partial charge in [0.2, 0.25) is 0 Å². The van der Waals surface area contributed by atoms with E-state index in [4.69, 9.17) is 37.9 Å². The van der Waals surface area contributed by atoms with E-state index in [0.29, 0.717) is 44.1 Å². The van der Waals surface area contributed by atoms with E-state index in [-0.39, 0.29) is 72.4 Å². The quantitative estimate of drug-likeness (QED) is 0.154. The molecule has 0 radical (unpaired) electrons. The van der Waals surface area contributed by atoms with E-state index in [2.05, 4.69) is 27.7 Å². The number of hydrogen-bond acceptors (Lipinski definition) is 13. The van der Waals surface area contributed by atoms with Crippen LogP contribution in [-0.2, 0) is 47.5 Å². The second kappa shape index (κ2) is 18.7. The van der Waals surface area contributed by atoms with E-state index < -0.39 is 84.2 Å². The molecule has 6 aliphatic rings. The van der Waals surface area contributed by atoms with Gasteiger partial charge in [0, 0.05) is 68.3 Å². The van der Waals surface area contributed by atoms with Crippen LogP contribution in [0, 0.1) is 47.3 Å². The van der Waals surface area contributed by atoms with Crippen molar-refractivity contribution in [3.8, 4) is 0 Å². The molecule has 0 bridgehead atoms. The Morgan fingerprint density at radius 1 is 0.902 bits per heavy atom. The summed E-state index contributed by atoms with van der Waals surface area (Å²) >= 11 is 0. The summed E-state index contributed by atoms with van der Waals surface area (Å²) in [4.78, 5) is 24.8. The molecule has 14 heteroatoms. The van der Waals surface area contributed by atoms with Crippen molar-refractivity contribution in [1.82, 2.24) is 0 Å². The smallest absolute Gasteiger partial charge is 0.306 e. The number of ketones is 1. The first-order chi connectivity index (χ1) is 28.5. The number of Topliss-reactive ketones (excluding diaryl/α,β-unsaturated/α-hetero) is 1. The van der Waals surface area contributed by atoms with E-state index in [1.807, 2.05) is 33.8 Å². The van der Waals surface area contributed by atoms with E-state index in [1.54, 1.807) is 27.9 Å². The molecule has 1 unspecified atom stereocenters. The second-order valence-electron chi connectivity index (χ2n) is 20.6. The van der Waals surface area contributed by atoms with Crippen molar-refractivity contribution < 1.29 is 67.9 Å². The van der Waals surface area contributed by atoms with Crippen LogP contribution >= 0.6 is 0 Å². The Morgan fingerprint density at radius 2 is 1.61 bits per heavy atom. The Morgan fingerprint density at radius 3 is 2.25 bits per heavy atom. The van der Waals surface area contributed by atoms with Gasteiger partial charge in [-0.2, -0.15) is 0 Å². The molecule has 0 amide bonds. The largest absolute Gasteiger partial charge is 0.481 e. The van der Waals surface area contributed by atoms with Gasteiger partial charge in [-0.1, -0.05) is 61.5 Å². The molecule has 6 aliphatic heterocycles. The molecule has 0 saturated carbocycles. The number of aliphatic hydroxyl groups is 3. The lowest BCUT2D eigenvalue weighted by molar-refractivity contribution is -0.390. The molecule has 0 aromatic carbocycles. The monoisotopic (exact) mass is 867 g/mol. The molecule has 14 nitrogen and oxygen atoms in total. The van der Waals surface area contributed by atoms with Gasteiger partial charge in [-0.15, -0.1) is 0 Å². The normalized spacial score (nSPS) is 48.6. The predicted octanol–water partition coefficient (Wildman–Crippen LogP) is 6.15. The van der Waals surface area contributed by atoms with Crippen LogP contribution in [0.1, 0.15) is 134 Å². The van der Waals surface area contributed by atoms with Gasteiger partial charge in [-0.3, -0.25) is 9.59 Å². The van der Waals surface area contributed by atoms with Crippen molar-refractivity contribution in [2.24, 2.45) is 47.3 Å². The average Bonchev–Trinajstić information content (AvgIpc) is 3.71. The van der Waals surface area contributed by atoms with Gasteiger partial charge in [0.05, 0.1) is 67.0 Å². The number of ether oxygens (including phenoxy) is 8. The van der Waals surface area contributed by atoms with Crippen molar-refractivity contribution >= 4 is 11.8 Å². The summed E-state index contributed by atoms with van der Waals surface area (Å²) in [5.74, 6) is -7.01. The number of hydrogen-bond donors (Lipinski definition) is 4. The zero-order valence-corrected chi connectivity index (χ0v) is 38.8. The first-order valence-corrected chi connectivity index (χ1v) is 23.2. The van der Waals surface area contributed by atoms with Crippen LogP contribution in [0.3, 0.4) is 0 Å². The molecule has 350 valence electrons. The number of carbonyl (C=O) groups is 2. The molecule has 21 atom stereocenters. The third-order valence-corrected chi connectivity index (χ3v) is 15.9. The number of carboxylic acid groups (broad SMARTS) is 1. The maximum Gasteiger partial charge on any atom is 0.306 e. The Labute approximate surface area is 363 Å². The molecule has 61 heavy (non-hydrogen) atoms. The van der Waals surface area contributed by atoms with Crippen molar-refractivity contribution in [2.75, 3.05) is 13.7 Å². The van der Waals surface area contributed by atoms with Gasteiger partial charge in [0.25, 0.3) is 0 Å². The fraction of sp³-hybridized carbons (Fsp3) is 0.915. The third-order valence-electron chi connectivity index (χ3n) is 15.9. The molecule has 6 saturated heterocycles. The maximum atomic E-state index is 13.4.